The topological polar surface area (TPSA) is 72.8 Å². The molecule has 0 fully saturated rings. The van der Waals surface area contributed by atoms with E-state index in [1.54, 1.807) is 19.4 Å². The molecule has 0 bridgehead atoms. The van der Waals surface area contributed by atoms with Gasteiger partial charge in [-0.3, -0.25) is 4.79 Å². The van der Waals surface area contributed by atoms with Gasteiger partial charge in [0.2, 0.25) is 0 Å². The monoisotopic (exact) mass is 519 g/mol. The molecule has 0 saturated heterocycles. The standard InChI is InChI=1S/C22H22BrN3O3S2/c1-14(2)29-21-17(23)9-15(10-19(21)28-3)11-24-26-20(27)13-31-22-25-18(12-30-22)16-7-5-4-6-8-16/h4-12,14H,13H2,1-3H3,(H,26,27)/b24-11+. The van der Waals surface area contributed by atoms with Gasteiger partial charge in [-0.25, -0.2) is 10.4 Å². The van der Waals surface area contributed by atoms with Crippen molar-refractivity contribution in [3.05, 3.63) is 57.9 Å². The van der Waals surface area contributed by atoms with Gasteiger partial charge in [0.15, 0.2) is 15.8 Å². The summed E-state index contributed by atoms with van der Waals surface area (Å²) in [7, 11) is 1.58. The van der Waals surface area contributed by atoms with Gasteiger partial charge < -0.3 is 9.47 Å². The van der Waals surface area contributed by atoms with Crippen LogP contribution in [0.1, 0.15) is 19.4 Å². The van der Waals surface area contributed by atoms with Crippen molar-refractivity contribution in [2.45, 2.75) is 24.3 Å². The zero-order chi connectivity index (χ0) is 22.2. The molecule has 1 N–H and O–H groups in total. The molecular weight excluding hydrogens is 498 g/mol. The van der Waals surface area contributed by atoms with Crippen LogP contribution in [0.3, 0.4) is 0 Å². The molecule has 2 aromatic carbocycles. The van der Waals surface area contributed by atoms with Gasteiger partial charge in [-0.1, -0.05) is 42.1 Å². The number of thioether (sulfide) groups is 1. The van der Waals surface area contributed by atoms with E-state index < -0.39 is 0 Å². The van der Waals surface area contributed by atoms with E-state index in [9.17, 15) is 4.79 Å². The summed E-state index contributed by atoms with van der Waals surface area (Å²) in [5.74, 6) is 1.24. The Hall–Kier alpha value is -2.36. The fraction of sp³-hybridized carbons (Fsp3) is 0.227. The SMILES string of the molecule is COc1cc(/C=N/NC(=O)CSc2nc(-c3ccccc3)cs2)cc(Br)c1OC(C)C. The molecule has 0 atom stereocenters. The summed E-state index contributed by atoms with van der Waals surface area (Å²) in [6.45, 7) is 3.89. The number of aromatic nitrogens is 1. The number of thiazole rings is 1. The van der Waals surface area contributed by atoms with Crippen LogP contribution >= 0.6 is 39.0 Å². The fourth-order valence-electron chi connectivity index (χ4n) is 2.57. The molecule has 3 rings (SSSR count). The number of amides is 1. The molecule has 0 aliphatic rings. The Morgan fingerprint density at radius 1 is 1.32 bits per heavy atom. The number of halogens is 1. The van der Waals surface area contributed by atoms with E-state index in [4.69, 9.17) is 9.47 Å². The van der Waals surface area contributed by atoms with Crippen LogP contribution in [-0.4, -0.2) is 36.1 Å². The number of hydrogen-bond donors (Lipinski definition) is 1. The molecule has 9 heteroatoms. The van der Waals surface area contributed by atoms with Gasteiger partial charge in [-0.2, -0.15) is 5.10 Å². The Morgan fingerprint density at radius 3 is 2.81 bits per heavy atom. The third kappa shape index (κ3) is 6.81. The maximum Gasteiger partial charge on any atom is 0.250 e. The van der Waals surface area contributed by atoms with Crippen LogP contribution in [0.4, 0.5) is 0 Å². The number of carbonyl (C=O) groups excluding carboxylic acids is 1. The molecule has 1 amide bonds. The summed E-state index contributed by atoms with van der Waals surface area (Å²) in [6, 6.07) is 13.6. The van der Waals surface area contributed by atoms with Crippen LogP contribution in [-0.2, 0) is 4.79 Å². The first-order valence-electron chi connectivity index (χ1n) is 9.46. The molecule has 1 heterocycles. The summed E-state index contributed by atoms with van der Waals surface area (Å²) >= 11 is 6.40. The van der Waals surface area contributed by atoms with Crippen LogP contribution < -0.4 is 14.9 Å². The third-order valence-corrected chi connectivity index (χ3v) is 6.50. The Labute approximate surface area is 198 Å². The average Bonchev–Trinajstić information content (AvgIpc) is 3.23. The number of nitrogens with one attached hydrogen (secondary N) is 1. The zero-order valence-corrected chi connectivity index (χ0v) is 20.5. The van der Waals surface area contributed by atoms with E-state index in [0.717, 1.165) is 25.6 Å². The van der Waals surface area contributed by atoms with E-state index in [1.165, 1.54) is 23.1 Å². The maximum absolute atomic E-state index is 12.1. The summed E-state index contributed by atoms with van der Waals surface area (Å²) in [4.78, 5) is 16.7. The van der Waals surface area contributed by atoms with Gasteiger partial charge in [-0.05, 0) is 47.5 Å². The smallest absolute Gasteiger partial charge is 0.250 e. The largest absolute Gasteiger partial charge is 0.493 e. The Balaban J connectivity index is 1.54. The Kier molecular flexibility index (Phi) is 8.51. The van der Waals surface area contributed by atoms with E-state index >= 15 is 0 Å². The highest BCUT2D eigenvalue weighted by molar-refractivity contribution is 9.10. The third-order valence-electron chi connectivity index (χ3n) is 3.89. The van der Waals surface area contributed by atoms with Gasteiger partial charge in [0.1, 0.15) is 0 Å². The first-order chi connectivity index (χ1) is 15.0. The number of hydrogen-bond acceptors (Lipinski definition) is 7. The second-order valence-electron chi connectivity index (χ2n) is 6.65. The van der Waals surface area contributed by atoms with Gasteiger partial charge in [0.05, 0.1) is 35.3 Å². The molecule has 3 aromatic rings. The minimum atomic E-state index is -0.205. The molecular formula is C22H22BrN3O3S2. The van der Waals surface area contributed by atoms with Gasteiger partial charge in [0.25, 0.3) is 5.91 Å². The van der Waals surface area contributed by atoms with Crippen molar-refractivity contribution in [3.63, 3.8) is 0 Å². The van der Waals surface area contributed by atoms with Crippen LogP contribution in [0.25, 0.3) is 11.3 Å². The quantitative estimate of drug-likeness (QED) is 0.226. The fourth-order valence-corrected chi connectivity index (χ4v) is 4.75. The van der Waals surface area contributed by atoms with Gasteiger partial charge in [0, 0.05) is 10.9 Å². The highest BCUT2D eigenvalue weighted by Gasteiger charge is 2.13. The lowest BCUT2D eigenvalue weighted by atomic mass is 10.2. The molecule has 162 valence electrons. The minimum Gasteiger partial charge on any atom is -0.493 e. The van der Waals surface area contributed by atoms with E-state index in [-0.39, 0.29) is 17.8 Å². The summed E-state index contributed by atoms with van der Waals surface area (Å²) in [5.41, 5.74) is 5.28. The lowest BCUT2D eigenvalue weighted by Crippen LogP contribution is -2.19. The minimum absolute atomic E-state index is 0.0168. The molecule has 1 aromatic heterocycles. The van der Waals surface area contributed by atoms with Crippen LogP contribution in [0, 0.1) is 0 Å². The number of benzene rings is 2. The second kappa shape index (κ2) is 11.3. The predicted octanol–water partition coefficient (Wildman–Crippen LogP) is 5.61. The number of carbonyl (C=O) groups is 1. The number of hydrazone groups is 1. The highest BCUT2D eigenvalue weighted by atomic mass is 79.9. The summed E-state index contributed by atoms with van der Waals surface area (Å²) < 4.78 is 12.8. The molecule has 6 nitrogen and oxygen atoms in total. The van der Waals surface area contributed by atoms with E-state index in [0.29, 0.717) is 11.5 Å². The van der Waals surface area contributed by atoms with Crippen LogP contribution in [0.15, 0.2) is 61.8 Å². The van der Waals surface area contributed by atoms with Gasteiger partial charge in [-0.15, -0.1) is 11.3 Å². The summed E-state index contributed by atoms with van der Waals surface area (Å²) in [6.07, 6.45) is 1.58. The molecule has 0 saturated carbocycles. The first kappa shape index (κ1) is 23.3. The van der Waals surface area contributed by atoms with Crippen molar-refractivity contribution in [1.29, 1.82) is 0 Å². The van der Waals surface area contributed by atoms with Crippen molar-refractivity contribution in [2.75, 3.05) is 12.9 Å². The zero-order valence-electron chi connectivity index (χ0n) is 17.3. The van der Waals surface area contributed by atoms with Gasteiger partial charge >= 0.3 is 0 Å². The average molecular weight is 520 g/mol. The highest BCUT2D eigenvalue weighted by Crippen LogP contribution is 2.37. The molecule has 31 heavy (non-hydrogen) atoms. The number of ether oxygens (including phenoxy) is 2. The summed E-state index contributed by atoms with van der Waals surface area (Å²) in [5, 5.41) is 6.03. The Morgan fingerprint density at radius 2 is 2.10 bits per heavy atom. The van der Waals surface area contributed by atoms with E-state index in [1.807, 2.05) is 55.6 Å². The van der Waals surface area contributed by atoms with Crippen LogP contribution in [0.2, 0.25) is 0 Å². The normalized spacial score (nSPS) is 11.1. The maximum atomic E-state index is 12.1. The number of nitrogens with zero attached hydrogens (tertiary/aromatic N) is 2. The van der Waals surface area contributed by atoms with Crippen LogP contribution in [0.5, 0.6) is 11.5 Å². The van der Waals surface area contributed by atoms with Crippen molar-refractivity contribution < 1.29 is 14.3 Å². The molecule has 0 spiro atoms. The number of methoxy groups -OCH3 is 1. The first-order valence-corrected chi connectivity index (χ1v) is 12.1. The van der Waals surface area contributed by atoms with Crippen molar-refractivity contribution >= 4 is 51.2 Å². The molecule has 0 unspecified atom stereocenters. The Bertz CT molecular complexity index is 1060. The molecule has 0 aliphatic heterocycles. The molecule has 0 radical (unpaired) electrons. The lowest BCUT2D eigenvalue weighted by molar-refractivity contribution is -0.118. The van der Waals surface area contributed by atoms with E-state index in [2.05, 4.69) is 31.4 Å². The van der Waals surface area contributed by atoms with Crippen molar-refractivity contribution in [3.8, 4) is 22.8 Å². The van der Waals surface area contributed by atoms with Crippen molar-refractivity contribution in [1.82, 2.24) is 10.4 Å². The predicted molar refractivity (Wildman–Crippen MR) is 130 cm³/mol. The number of rotatable bonds is 9. The second-order valence-corrected chi connectivity index (χ2v) is 9.58. The van der Waals surface area contributed by atoms with Crippen molar-refractivity contribution in [2.24, 2.45) is 5.10 Å². The molecule has 0 aliphatic carbocycles. The lowest BCUT2D eigenvalue weighted by Gasteiger charge is -2.15.